The van der Waals surface area contributed by atoms with Crippen molar-refractivity contribution in [2.45, 2.75) is 46.1 Å². The Kier molecular flexibility index (Phi) is 5.71. The van der Waals surface area contributed by atoms with Crippen molar-refractivity contribution < 1.29 is 13.6 Å². The monoisotopic (exact) mass is 462 g/mol. The van der Waals surface area contributed by atoms with Gasteiger partial charge in [-0.1, -0.05) is 6.92 Å². The number of halogens is 2. The number of carbonyl (C=O) groups is 1. The van der Waals surface area contributed by atoms with E-state index in [1.54, 1.807) is 30.2 Å². The van der Waals surface area contributed by atoms with Crippen LogP contribution in [-0.4, -0.2) is 26.7 Å². The summed E-state index contributed by atoms with van der Waals surface area (Å²) in [5, 5.41) is 5.08. The Bertz CT molecular complexity index is 1390. The summed E-state index contributed by atoms with van der Waals surface area (Å²) in [6.07, 6.45) is 4.92. The molecule has 34 heavy (non-hydrogen) atoms. The number of fused-ring (bicyclic) bond motifs is 2. The van der Waals surface area contributed by atoms with Crippen LogP contribution in [0.2, 0.25) is 0 Å². The number of alkyl halides is 2. The van der Waals surface area contributed by atoms with E-state index in [9.17, 15) is 13.6 Å². The highest BCUT2D eigenvalue weighted by molar-refractivity contribution is 6.08. The standard InChI is InChI=1S/C27H28F2N4O/c1-4-26(34)23-16-32(5-2)24-9-8-19(12-21(23)24)33-10-6-7-17-11-20(18-14-30-31(3)15-18)22(27(28)29)13-25(17)33/h8-9,11-16,27H,4-7,10H2,1-3H3. The van der Waals surface area contributed by atoms with E-state index in [0.29, 0.717) is 17.5 Å². The second-order valence-electron chi connectivity index (χ2n) is 8.83. The molecule has 0 unspecified atom stereocenters. The summed E-state index contributed by atoms with van der Waals surface area (Å²) in [4.78, 5) is 14.7. The molecule has 176 valence electrons. The van der Waals surface area contributed by atoms with Crippen LogP contribution in [0.1, 0.15) is 54.6 Å². The smallest absolute Gasteiger partial charge is 0.264 e. The number of carbonyl (C=O) groups excluding carboxylic acids is 1. The zero-order valence-corrected chi connectivity index (χ0v) is 19.7. The molecule has 0 saturated carbocycles. The van der Waals surface area contributed by atoms with Crippen LogP contribution in [0.3, 0.4) is 0 Å². The molecular weight excluding hydrogens is 434 g/mol. The van der Waals surface area contributed by atoms with Crippen molar-refractivity contribution in [3.63, 3.8) is 0 Å². The SMILES string of the molecule is CCC(=O)c1cn(CC)c2ccc(N3CCCc4cc(-c5cnn(C)c5)c(C(F)F)cc43)cc12. The van der Waals surface area contributed by atoms with Crippen molar-refractivity contribution in [2.24, 2.45) is 7.05 Å². The van der Waals surface area contributed by atoms with Gasteiger partial charge in [-0.15, -0.1) is 0 Å². The first-order chi connectivity index (χ1) is 16.4. The number of aromatic nitrogens is 3. The number of rotatable bonds is 6. The van der Waals surface area contributed by atoms with Crippen molar-refractivity contribution >= 4 is 28.1 Å². The molecule has 5 rings (SSSR count). The first-order valence-electron chi connectivity index (χ1n) is 11.8. The molecule has 0 fully saturated rings. The molecule has 4 aromatic rings. The van der Waals surface area contributed by atoms with E-state index in [2.05, 4.69) is 21.5 Å². The van der Waals surface area contributed by atoms with E-state index in [1.807, 2.05) is 37.4 Å². The molecule has 0 saturated heterocycles. The van der Waals surface area contributed by atoms with Crippen LogP contribution >= 0.6 is 0 Å². The zero-order valence-electron chi connectivity index (χ0n) is 19.7. The maximum Gasteiger partial charge on any atom is 0.264 e. The molecule has 0 spiro atoms. The number of ketones is 1. The maximum atomic E-state index is 14.2. The van der Waals surface area contributed by atoms with Gasteiger partial charge in [-0.2, -0.15) is 5.10 Å². The molecule has 7 heteroatoms. The average Bonchev–Trinajstić information content (AvgIpc) is 3.45. The summed E-state index contributed by atoms with van der Waals surface area (Å²) in [7, 11) is 1.78. The highest BCUT2D eigenvalue weighted by atomic mass is 19.3. The van der Waals surface area contributed by atoms with Gasteiger partial charge in [0.15, 0.2) is 5.78 Å². The minimum absolute atomic E-state index is 0.0127. The highest BCUT2D eigenvalue weighted by Gasteiger charge is 2.25. The van der Waals surface area contributed by atoms with Gasteiger partial charge in [0.25, 0.3) is 6.43 Å². The Morgan fingerprint density at radius 1 is 1.15 bits per heavy atom. The highest BCUT2D eigenvalue weighted by Crippen LogP contribution is 2.42. The van der Waals surface area contributed by atoms with Gasteiger partial charge in [0.2, 0.25) is 0 Å². The molecule has 2 aromatic carbocycles. The fraction of sp³-hybridized carbons (Fsp3) is 0.333. The quantitative estimate of drug-likeness (QED) is 0.300. The third-order valence-corrected chi connectivity index (χ3v) is 6.76. The fourth-order valence-corrected chi connectivity index (χ4v) is 5.04. The Labute approximate surface area is 197 Å². The molecule has 0 radical (unpaired) electrons. The van der Waals surface area contributed by atoms with Crippen molar-refractivity contribution in [1.82, 2.24) is 14.3 Å². The molecule has 1 aliphatic heterocycles. The van der Waals surface area contributed by atoms with E-state index in [4.69, 9.17) is 0 Å². The number of benzene rings is 2. The van der Waals surface area contributed by atoms with E-state index in [-0.39, 0.29) is 11.3 Å². The lowest BCUT2D eigenvalue weighted by molar-refractivity contribution is 0.0989. The van der Waals surface area contributed by atoms with Gasteiger partial charge in [0.05, 0.1) is 6.20 Å². The van der Waals surface area contributed by atoms with Gasteiger partial charge in [0, 0.05) is 77.9 Å². The van der Waals surface area contributed by atoms with Crippen LogP contribution in [0, 0.1) is 0 Å². The third-order valence-electron chi connectivity index (χ3n) is 6.76. The molecule has 3 heterocycles. The van der Waals surface area contributed by atoms with E-state index >= 15 is 0 Å². The topological polar surface area (TPSA) is 43.1 Å². The minimum atomic E-state index is -2.60. The van der Waals surface area contributed by atoms with Crippen molar-refractivity contribution in [2.75, 3.05) is 11.4 Å². The van der Waals surface area contributed by atoms with Gasteiger partial charge in [-0.3, -0.25) is 9.48 Å². The molecule has 2 aromatic heterocycles. The Morgan fingerprint density at radius 2 is 1.97 bits per heavy atom. The molecule has 0 N–H and O–H groups in total. The first kappa shape index (κ1) is 22.3. The number of aryl methyl sites for hydroxylation is 3. The number of nitrogens with zero attached hydrogens (tertiary/aromatic N) is 4. The fourth-order valence-electron chi connectivity index (χ4n) is 5.04. The van der Waals surface area contributed by atoms with Crippen LogP contribution in [0.25, 0.3) is 22.0 Å². The van der Waals surface area contributed by atoms with E-state index in [1.165, 1.54) is 0 Å². The molecule has 0 atom stereocenters. The maximum absolute atomic E-state index is 14.2. The summed E-state index contributed by atoms with van der Waals surface area (Å²) in [5.74, 6) is 0.106. The average molecular weight is 463 g/mol. The van der Waals surface area contributed by atoms with Gasteiger partial charge in [-0.25, -0.2) is 8.78 Å². The second kappa shape index (κ2) is 8.70. The van der Waals surface area contributed by atoms with Gasteiger partial charge in [0.1, 0.15) is 0 Å². The van der Waals surface area contributed by atoms with Crippen LogP contribution in [0.4, 0.5) is 20.2 Å². The predicted octanol–water partition coefficient (Wildman–Crippen LogP) is 6.68. The number of hydrogen-bond acceptors (Lipinski definition) is 3. The number of hydrogen-bond donors (Lipinski definition) is 0. The molecule has 0 aliphatic carbocycles. The first-order valence-corrected chi connectivity index (χ1v) is 11.8. The lowest BCUT2D eigenvalue weighted by Crippen LogP contribution is -2.25. The Hall–Kier alpha value is -3.48. The molecule has 0 bridgehead atoms. The van der Waals surface area contributed by atoms with E-state index in [0.717, 1.165) is 59.3 Å². The number of anilines is 2. The molecule has 5 nitrogen and oxygen atoms in total. The van der Waals surface area contributed by atoms with Crippen LogP contribution < -0.4 is 4.90 Å². The summed E-state index contributed by atoms with van der Waals surface area (Å²) >= 11 is 0. The Morgan fingerprint density at radius 3 is 2.65 bits per heavy atom. The van der Waals surface area contributed by atoms with Crippen molar-refractivity contribution in [3.8, 4) is 11.1 Å². The summed E-state index contributed by atoms with van der Waals surface area (Å²) in [6.45, 7) is 5.43. The zero-order chi connectivity index (χ0) is 24.0. The normalized spacial score (nSPS) is 13.6. The van der Waals surface area contributed by atoms with Gasteiger partial charge in [-0.05, 0) is 61.2 Å². The molecule has 0 amide bonds. The van der Waals surface area contributed by atoms with Gasteiger partial charge < -0.3 is 9.47 Å². The van der Waals surface area contributed by atoms with Crippen molar-refractivity contribution in [3.05, 3.63) is 65.6 Å². The Balaban J connectivity index is 1.65. The predicted molar refractivity (Wildman–Crippen MR) is 131 cm³/mol. The number of Topliss-reactive ketones (excluding diaryl/α,β-unsaturated/α-hetero) is 1. The van der Waals surface area contributed by atoms with Crippen LogP contribution in [0.15, 0.2) is 48.9 Å². The minimum Gasteiger partial charge on any atom is -0.347 e. The summed E-state index contributed by atoms with van der Waals surface area (Å²) in [5.41, 5.74) is 5.76. The lowest BCUT2D eigenvalue weighted by Gasteiger charge is -2.32. The summed E-state index contributed by atoms with van der Waals surface area (Å²) in [6, 6.07) is 9.64. The van der Waals surface area contributed by atoms with E-state index < -0.39 is 6.43 Å². The van der Waals surface area contributed by atoms with Crippen LogP contribution in [0.5, 0.6) is 0 Å². The lowest BCUT2D eigenvalue weighted by atomic mass is 9.92. The third kappa shape index (κ3) is 3.69. The van der Waals surface area contributed by atoms with Gasteiger partial charge >= 0.3 is 0 Å². The van der Waals surface area contributed by atoms with Crippen LogP contribution in [-0.2, 0) is 20.0 Å². The largest absolute Gasteiger partial charge is 0.347 e. The molecule has 1 aliphatic rings. The van der Waals surface area contributed by atoms with Crippen molar-refractivity contribution in [1.29, 1.82) is 0 Å². The second-order valence-corrected chi connectivity index (χ2v) is 8.83. The molecular formula is C27H28F2N4O. The summed E-state index contributed by atoms with van der Waals surface area (Å²) < 4.78 is 32.0.